The Labute approximate surface area is 136 Å². The fourth-order valence-corrected chi connectivity index (χ4v) is 3.44. The van der Waals surface area contributed by atoms with E-state index in [1.54, 1.807) is 11.8 Å². The molecule has 3 aromatic carbocycles. The normalized spacial score (nSPS) is 10.6. The summed E-state index contributed by atoms with van der Waals surface area (Å²) in [6.45, 7) is 9.85. The molecule has 22 heavy (non-hydrogen) atoms. The molecule has 0 saturated heterocycles. The minimum Gasteiger partial charge on any atom is -0.0984 e. The van der Waals surface area contributed by atoms with Crippen molar-refractivity contribution in [2.24, 2.45) is 0 Å². The molecule has 0 nitrogen and oxygen atoms in total. The Morgan fingerprint density at radius 1 is 0.727 bits per heavy atom. The molecule has 1 heteroatoms. The van der Waals surface area contributed by atoms with Crippen molar-refractivity contribution >= 4 is 34.7 Å². The molecule has 108 valence electrons. The average Bonchev–Trinajstić information content (AvgIpc) is 2.54. The lowest BCUT2D eigenvalue weighted by molar-refractivity contribution is 1.40. The highest BCUT2D eigenvalue weighted by Gasteiger charge is 2.03. The van der Waals surface area contributed by atoms with Crippen LogP contribution in [0.4, 0.5) is 0 Å². The molecular weight excluding hydrogens is 284 g/mol. The molecular formula is C21H18S. The maximum atomic E-state index is 3.88. The van der Waals surface area contributed by atoms with Crippen LogP contribution < -0.4 is 0 Å². The number of hydrogen-bond donors (Lipinski definition) is 0. The standard InChI is InChI=1S/C21H18S/c1-4-16-8-10-20(13-17(16)5-2)22-21-11-9-18-7-6-15(3)12-19(18)14-21/h4-14H,1-2H2,3H3. The maximum absolute atomic E-state index is 3.88. The molecule has 0 aliphatic heterocycles. The summed E-state index contributed by atoms with van der Waals surface area (Å²) in [4.78, 5) is 2.46. The molecule has 0 aliphatic carbocycles. The van der Waals surface area contributed by atoms with Gasteiger partial charge in [0.25, 0.3) is 0 Å². The third-order valence-corrected chi connectivity index (χ3v) is 4.68. The van der Waals surface area contributed by atoms with Crippen LogP contribution in [0.25, 0.3) is 22.9 Å². The van der Waals surface area contributed by atoms with Gasteiger partial charge in [-0.1, -0.05) is 73.0 Å². The second kappa shape index (κ2) is 6.25. The van der Waals surface area contributed by atoms with Gasteiger partial charge in [0, 0.05) is 9.79 Å². The van der Waals surface area contributed by atoms with Crippen molar-refractivity contribution in [3.63, 3.8) is 0 Å². The summed E-state index contributed by atoms with van der Waals surface area (Å²) < 4.78 is 0. The number of fused-ring (bicyclic) bond motifs is 1. The zero-order valence-corrected chi connectivity index (χ0v) is 13.5. The van der Waals surface area contributed by atoms with E-state index < -0.39 is 0 Å². The van der Waals surface area contributed by atoms with E-state index in [4.69, 9.17) is 0 Å². The Morgan fingerprint density at radius 3 is 2.18 bits per heavy atom. The van der Waals surface area contributed by atoms with Crippen molar-refractivity contribution in [2.75, 3.05) is 0 Å². The summed E-state index contributed by atoms with van der Waals surface area (Å²) in [5.74, 6) is 0. The average molecular weight is 302 g/mol. The van der Waals surface area contributed by atoms with Crippen LogP contribution in [0.2, 0.25) is 0 Å². The van der Waals surface area contributed by atoms with Crippen LogP contribution in [-0.2, 0) is 0 Å². The smallest absolute Gasteiger partial charge is 0.0128 e. The molecule has 0 unspecified atom stereocenters. The second-order valence-electron chi connectivity index (χ2n) is 5.31. The van der Waals surface area contributed by atoms with Crippen LogP contribution >= 0.6 is 11.8 Å². The first kappa shape index (κ1) is 14.7. The van der Waals surface area contributed by atoms with Gasteiger partial charge in [-0.3, -0.25) is 0 Å². The van der Waals surface area contributed by atoms with Gasteiger partial charge in [0.05, 0.1) is 0 Å². The van der Waals surface area contributed by atoms with E-state index in [0.717, 1.165) is 11.1 Å². The molecule has 0 fully saturated rings. The topological polar surface area (TPSA) is 0 Å². The Balaban J connectivity index is 1.95. The summed E-state index contributed by atoms with van der Waals surface area (Å²) >= 11 is 1.77. The molecule has 0 N–H and O–H groups in total. The van der Waals surface area contributed by atoms with Crippen molar-refractivity contribution in [3.8, 4) is 0 Å². The van der Waals surface area contributed by atoms with Crippen molar-refractivity contribution in [3.05, 3.63) is 84.4 Å². The lowest BCUT2D eigenvalue weighted by atomic mass is 10.1. The van der Waals surface area contributed by atoms with E-state index in [0.29, 0.717) is 0 Å². The Kier molecular flexibility index (Phi) is 4.17. The van der Waals surface area contributed by atoms with Crippen molar-refractivity contribution < 1.29 is 0 Å². The molecule has 0 radical (unpaired) electrons. The molecule has 0 aromatic heterocycles. The van der Waals surface area contributed by atoms with E-state index in [1.165, 1.54) is 26.1 Å². The van der Waals surface area contributed by atoms with Crippen molar-refractivity contribution in [1.29, 1.82) is 0 Å². The van der Waals surface area contributed by atoms with Gasteiger partial charge in [0.1, 0.15) is 0 Å². The minimum absolute atomic E-state index is 1.12. The molecule has 3 aromatic rings. The van der Waals surface area contributed by atoms with E-state index in [1.807, 2.05) is 12.2 Å². The number of benzene rings is 3. The van der Waals surface area contributed by atoms with Gasteiger partial charge in [-0.2, -0.15) is 0 Å². The van der Waals surface area contributed by atoms with Crippen molar-refractivity contribution in [1.82, 2.24) is 0 Å². The lowest BCUT2D eigenvalue weighted by Gasteiger charge is -2.07. The van der Waals surface area contributed by atoms with Gasteiger partial charge < -0.3 is 0 Å². The summed E-state index contributed by atoms with van der Waals surface area (Å²) in [5.41, 5.74) is 3.53. The first-order valence-corrected chi connectivity index (χ1v) is 8.08. The lowest BCUT2D eigenvalue weighted by Crippen LogP contribution is -1.82. The fraction of sp³-hybridized carbons (Fsp3) is 0.0476. The molecule has 3 rings (SSSR count). The third-order valence-electron chi connectivity index (χ3n) is 3.70. The molecule has 0 spiro atoms. The summed E-state index contributed by atoms with van der Waals surface area (Å²) in [5, 5.41) is 2.57. The van der Waals surface area contributed by atoms with Crippen molar-refractivity contribution in [2.45, 2.75) is 16.7 Å². The highest BCUT2D eigenvalue weighted by Crippen LogP contribution is 2.32. The third kappa shape index (κ3) is 3.00. The van der Waals surface area contributed by atoms with E-state index in [-0.39, 0.29) is 0 Å². The Hall–Kier alpha value is -2.25. The van der Waals surface area contributed by atoms with Gasteiger partial charge in [-0.15, -0.1) is 0 Å². The van der Waals surface area contributed by atoms with Gasteiger partial charge in [0.2, 0.25) is 0 Å². The molecule has 0 bridgehead atoms. The summed E-state index contributed by atoms with van der Waals surface area (Å²) in [7, 11) is 0. The minimum atomic E-state index is 1.12. The van der Waals surface area contributed by atoms with Crippen LogP contribution in [0.1, 0.15) is 16.7 Å². The molecule has 0 atom stereocenters. The summed E-state index contributed by atoms with van der Waals surface area (Å²) in [6.07, 6.45) is 3.75. The van der Waals surface area contributed by atoms with E-state index >= 15 is 0 Å². The van der Waals surface area contributed by atoms with E-state index in [9.17, 15) is 0 Å². The zero-order chi connectivity index (χ0) is 15.5. The predicted molar refractivity (Wildman–Crippen MR) is 99.4 cm³/mol. The second-order valence-corrected chi connectivity index (χ2v) is 6.46. The van der Waals surface area contributed by atoms with Crippen LogP contribution in [0.3, 0.4) is 0 Å². The van der Waals surface area contributed by atoms with Crippen LogP contribution in [-0.4, -0.2) is 0 Å². The van der Waals surface area contributed by atoms with Crippen LogP contribution in [0.5, 0.6) is 0 Å². The van der Waals surface area contributed by atoms with Gasteiger partial charge in [-0.05, 0) is 53.1 Å². The van der Waals surface area contributed by atoms with Gasteiger partial charge in [-0.25, -0.2) is 0 Å². The van der Waals surface area contributed by atoms with Crippen LogP contribution in [0, 0.1) is 6.92 Å². The van der Waals surface area contributed by atoms with Gasteiger partial charge >= 0.3 is 0 Å². The molecule has 0 saturated carbocycles. The SMILES string of the molecule is C=Cc1ccc(Sc2ccc3ccc(C)cc3c2)cc1C=C. The molecule has 0 amide bonds. The summed E-state index contributed by atoms with van der Waals surface area (Å²) in [6, 6.07) is 19.6. The molecule has 0 aliphatic rings. The number of hydrogen-bond acceptors (Lipinski definition) is 1. The number of aryl methyl sites for hydroxylation is 1. The Morgan fingerprint density at radius 2 is 1.41 bits per heavy atom. The van der Waals surface area contributed by atoms with Crippen LogP contribution in [0.15, 0.2) is 77.5 Å². The quantitative estimate of drug-likeness (QED) is 0.524. The fourth-order valence-electron chi connectivity index (χ4n) is 2.52. The monoisotopic (exact) mass is 302 g/mol. The first-order valence-electron chi connectivity index (χ1n) is 7.27. The molecule has 0 heterocycles. The van der Waals surface area contributed by atoms with E-state index in [2.05, 4.69) is 74.7 Å². The largest absolute Gasteiger partial charge is 0.0984 e. The maximum Gasteiger partial charge on any atom is 0.0128 e. The predicted octanol–water partition coefficient (Wildman–Crippen LogP) is 6.59. The van der Waals surface area contributed by atoms with Gasteiger partial charge in [0.15, 0.2) is 0 Å². The highest BCUT2D eigenvalue weighted by atomic mass is 32.2. The zero-order valence-electron chi connectivity index (χ0n) is 12.7. The number of rotatable bonds is 4. The first-order chi connectivity index (χ1) is 10.7. The highest BCUT2D eigenvalue weighted by molar-refractivity contribution is 7.99. The Bertz CT molecular complexity index is 859.